The van der Waals surface area contributed by atoms with Crippen LogP contribution in [0.5, 0.6) is 5.75 Å². The van der Waals surface area contributed by atoms with E-state index in [2.05, 4.69) is 5.32 Å². The second kappa shape index (κ2) is 9.10. The molecule has 0 atom stereocenters. The fraction of sp³-hybridized carbons (Fsp3) is 0.316. The third-order valence-corrected chi connectivity index (χ3v) is 5.13. The Balaban J connectivity index is 2.08. The van der Waals surface area contributed by atoms with Crippen molar-refractivity contribution in [2.24, 2.45) is 0 Å². The van der Waals surface area contributed by atoms with E-state index in [1.54, 1.807) is 42.5 Å². The Hall–Kier alpha value is -2.25. The minimum atomic E-state index is -3.63. The maximum Gasteiger partial charge on any atom is 0.241 e. The van der Waals surface area contributed by atoms with Crippen LogP contribution in [-0.2, 0) is 21.4 Å². The lowest BCUT2D eigenvalue weighted by Gasteiger charge is -2.22. The van der Waals surface area contributed by atoms with Crippen molar-refractivity contribution >= 4 is 33.2 Å². The zero-order valence-electron chi connectivity index (χ0n) is 15.5. The summed E-state index contributed by atoms with van der Waals surface area (Å²) in [6.45, 7) is 3.70. The number of nitrogens with zero attached hydrogens (tertiary/aromatic N) is 1. The van der Waals surface area contributed by atoms with Gasteiger partial charge in [0, 0.05) is 11.6 Å². The Bertz CT molecular complexity index is 883. The molecule has 0 saturated heterocycles. The van der Waals surface area contributed by atoms with E-state index in [9.17, 15) is 13.2 Å². The molecule has 27 heavy (non-hydrogen) atoms. The van der Waals surface area contributed by atoms with Crippen molar-refractivity contribution in [1.29, 1.82) is 0 Å². The van der Waals surface area contributed by atoms with Crippen LogP contribution < -0.4 is 14.4 Å². The highest BCUT2D eigenvalue weighted by Crippen LogP contribution is 2.22. The molecule has 1 amide bonds. The van der Waals surface area contributed by atoms with Crippen molar-refractivity contribution in [1.82, 2.24) is 5.32 Å². The van der Waals surface area contributed by atoms with Crippen LogP contribution in [0.2, 0.25) is 5.02 Å². The number of anilines is 1. The Labute approximate surface area is 165 Å². The monoisotopic (exact) mass is 410 g/mol. The van der Waals surface area contributed by atoms with Crippen molar-refractivity contribution in [2.45, 2.75) is 26.5 Å². The lowest BCUT2D eigenvalue weighted by Crippen LogP contribution is -2.40. The summed E-state index contributed by atoms with van der Waals surface area (Å²) in [5, 5.41) is 3.24. The molecule has 0 fully saturated rings. The van der Waals surface area contributed by atoms with E-state index in [1.165, 1.54) is 0 Å². The second-order valence-corrected chi connectivity index (χ2v) is 8.61. The zero-order chi connectivity index (χ0) is 20.0. The number of benzene rings is 2. The quantitative estimate of drug-likeness (QED) is 0.725. The molecule has 2 rings (SSSR count). The van der Waals surface area contributed by atoms with Crippen LogP contribution in [-0.4, -0.2) is 33.2 Å². The van der Waals surface area contributed by atoms with Gasteiger partial charge >= 0.3 is 0 Å². The van der Waals surface area contributed by atoms with Crippen molar-refractivity contribution < 1.29 is 17.9 Å². The Morgan fingerprint density at radius 2 is 1.78 bits per heavy atom. The van der Waals surface area contributed by atoms with E-state index in [-0.39, 0.29) is 19.2 Å². The molecular formula is C19H23ClN2O4S. The van der Waals surface area contributed by atoms with Gasteiger partial charge in [-0.15, -0.1) is 0 Å². The first kappa shape index (κ1) is 21.1. The second-order valence-electron chi connectivity index (χ2n) is 6.30. The summed E-state index contributed by atoms with van der Waals surface area (Å²) in [4.78, 5) is 12.3. The third kappa shape index (κ3) is 6.45. The number of nitrogens with one attached hydrogen (secondary N) is 1. The van der Waals surface area contributed by atoms with Crippen LogP contribution in [0.15, 0.2) is 48.5 Å². The Kier molecular flexibility index (Phi) is 7.10. The fourth-order valence-corrected chi connectivity index (χ4v) is 3.44. The first-order valence-electron chi connectivity index (χ1n) is 8.41. The fourth-order valence-electron chi connectivity index (χ4n) is 2.39. The molecular weight excluding hydrogens is 388 g/mol. The van der Waals surface area contributed by atoms with Gasteiger partial charge in [-0.2, -0.15) is 0 Å². The molecule has 0 aliphatic rings. The van der Waals surface area contributed by atoms with Crippen LogP contribution in [0.3, 0.4) is 0 Å². The van der Waals surface area contributed by atoms with Crippen LogP contribution in [0.1, 0.15) is 19.4 Å². The number of sulfonamides is 1. The van der Waals surface area contributed by atoms with Gasteiger partial charge < -0.3 is 10.1 Å². The minimum Gasteiger partial charge on any atom is -0.491 e. The van der Waals surface area contributed by atoms with Gasteiger partial charge in [0.25, 0.3) is 0 Å². The van der Waals surface area contributed by atoms with Gasteiger partial charge in [0.2, 0.25) is 15.9 Å². The van der Waals surface area contributed by atoms with Crippen LogP contribution in [0.4, 0.5) is 5.69 Å². The van der Waals surface area contributed by atoms with Gasteiger partial charge in [-0.25, -0.2) is 8.42 Å². The van der Waals surface area contributed by atoms with Gasteiger partial charge in [-0.05, 0) is 49.7 Å². The molecule has 0 bridgehead atoms. The van der Waals surface area contributed by atoms with Gasteiger partial charge in [0.05, 0.1) is 18.0 Å². The highest BCUT2D eigenvalue weighted by molar-refractivity contribution is 7.92. The summed E-state index contributed by atoms with van der Waals surface area (Å²) in [6.07, 6.45) is 1.07. The van der Waals surface area contributed by atoms with Crippen LogP contribution >= 0.6 is 11.6 Å². The first-order valence-corrected chi connectivity index (χ1v) is 10.6. The lowest BCUT2D eigenvalue weighted by atomic mass is 10.2. The molecule has 0 unspecified atom stereocenters. The highest BCUT2D eigenvalue weighted by atomic mass is 35.5. The van der Waals surface area contributed by atoms with E-state index in [4.69, 9.17) is 16.3 Å². The molecule has 2 aromatic rings. The molecule has 146 valence electrons. The third-order valence-electron chi connectivity index (χ3n) is 3.62. The smallest absolute Gasteiger partial charge is 0.241 e. The number of ether oxygens (including phenoxy) is 1. The number of rotatable bonds is 8. The molecule has 2 aromatic carbocycles. The molecule has 6 nitrogen and oxygen atoms in total. The Morgan fingerprint density at radius 1 is 1.15 bits per heavy atom. The summed E-state index contributed by atoms with van der Waals surface area (Å²) < 4.78 is 30.9. The van der Waals surface area contributed by atoms with Gasteiger partial charge in [-0.3, -0.25) is 9.10 Å². The largest absolute Gasteiger partial charge is 0.491 e. The van der Waals surface area contributed by atoms with E-state index < -0.39 is 15.9 Å². The first-order chi connectivity index (χ1) is 12.7. The number of amides is 1. The molecule has 0 spiro atoms. The number of carbonyl (C=O) groups is 1. The van der Waals surface area contributed by atoms with E-state index in [0.29, 0.717) is 16.5 Å². The number of halogens is 1. The number of hydrogen-bond donors (Lipinski definition) is 1. The minimum absolute atomic E-state index is 0.0115. The topological polar surface area (TPSA) is 75.7 Å². The summed E-state index contributed by atoms with van der Waals surface area (Å²) in [5.74, 6) is 0.202. The molecule has 0 radical (unpaired) electrons. The summed E-state index contributed by atoms with van der Waals surface area (Å²) in [5.41, 5.74) is 1.15. The predicted octanol–water partition coefficient (Wildman–Crippen LogP) is 3.21. The average Bonchev–Trinajstić information content (AvgIpc) is 2.58. The molecule has 8 heteroatoms. The van der Waals surface area contributed by atoms with Crippen LogP contribution in [0.25, 0.3) is 0 Å². The standard InChI is InChI=1S/C19H23ClN2O4S/c1-14(2)26-17-10-8-16(9-11-17)22(27(3,24)25)13-19(23)21-12-15-6-4-5-7-18(15)20/h4-11,14H,12-13H2,1-3H3,(H,21,23). The maximum absolute atomic E-state index is 12.3. The van der Waals surface area contributed by atoms with Gasteiger partial charge in [-0.1, -0.05) is 29.8 Å². The van der Waals surface area contributed by atoms with Crippen molar-refractivity contribution in [3.8, 4) is 5.75 Å². The zero-order valence-corrected chi connectivity index (χ0v) is 17.0. The van der Waals surface area contributed by atoms with Crippen LogP contribution in [0, 0.1) is 0 Å². The van der Waals surface area contributed by atoms with Gasteiger partial charge in [0.15, 0.2) is 0 Å². The maximum atomic E-state index is 12.3. The SMILES string of the molecule is CC(C)Oc1ccc(N(CC(=O)NCc2ccccc2Cl)S(C)(=O)=O)cc1. The summed E-state index contributed by atoms with van der Waals surface area (Å²) >= 11 is 6.06. The predicted molar refractivity (Wildman–Crippen MR) is 108 cm³/mol. The molecule has 0 saturated carbocycles. The molecule has 0 aliphatic heterocycles. The average molecular weight is 411 g/mol. The Morgan fingerprint density at radius 3 is 2.33 bits per heavy atom. The summed E-state index contributed by atoms with van der Waals surface area (Å²) in [6, 6.07) is 13.7. The number of hydrogen-bond acceptors (Lipinski definition) is 4. The van der Waals surface area contributed by atoms with Gasteiger partial charge in [0.1, 0.15) is 12.3 Å². The van der Waals surface area contributed by atoms with Crippen molar-refractivity contribution in [2.75, 3.05) is 17.1 Å². The van der Waals surface area contributed by atoms with E-state index in [0.717, 1.165) is 16.1 Å². The molecule has 0 aliphatic carbocycles. The van der Waals surface area contributed by atoms with E-state index in [1.807, 2.05) is 19.9 Å². The summed E-state index contributed by atoms with van der Waals surface area (Å²) in [7, 11) is -3.63. The highest BCUT2D eigenvalue weighted by Gasteiger charge is 2.21. The normalized spacial score (nSPS) is 11.3. The van der Waals surface area contributed by atoms with Crippen molar-refractivity contribution in [3.05, 3.63) is 59.1 Å². The molecule has 1 N–H and O–H groups in total. The molecule has 0 aromatic heterocycles. The van der Waals surface area contributed by atoms with E-state index >= 15 is 0 Å². The molecule has 0 heterocycles. The van der Waals surface area contributed by atoms with Crippen molar-refractivity contribution in [3.63, 3.8) is 0 Å². The number of carbonyl (C=O) groups excluding carboxylic acids is 1. The lowest BCUT2D eigenvalue weighted by molar-refractivity contribution is -0.119.